The van der Waals surface area contributed by atoms with Crippen LogP contribution in [0.25, 0.3) is 0 Å². The van der Waals surface area contributed by atoms with Gasteiger partial charge in [-0.05, 0) is 19.4 Å². The van der Waals surface area contributed by atoms with E-state index >= 15 is 0 Å². The normalized spacial score (nSPS) is 16.9. The number of carboxylic acid groups (broad SMARTS) is 1. The fourth-order valence-corrected chi connectivity index (χ4v) is 2.41. The van der Waals surface area contributed by atoms with Gasteiger partial charge in [0.25, 0.3) is 5.91 Å². The third-order valence-electron chi connectivity index (χ3n) is 4.01. The summed E-state index contributed by atoms with van der Waals surface area (Å²) in [5.41, 5.74) is 1.51. The zero-order valence-corrected chi connectivity index (χ0v) is 12.2. The van der Waals surface area contributed by atoms with Gasteiger partial charge in [0.1, 0.15) is 5.69 Å². The van der Waals surface area contributed by atoms with Gasteiger partial charge in [-0.3, -0.25) is 14.3 Å². The number of aliphatic carboxylic acids is 1. The fourth-order valence-electron chi connectivity index (χ4n) is 2.41. The minimum absolute atomic E-state index is 0.0483. The van der Waals surface area contributed by atoms with Crippen LogP contribution in [0.2, 0.25) is 0 Å². The average molecular weight is 279 g/mol. The summed E-state index contributed by atoms with van der Waals surface area (Å²) in [6.45, 7) is 7.34. The van der Waals surface area contributed by atoms with Crippen molar-refractivity contribution >= 4 is 11.9 Å². The van der Waals surface area contributed by atoms with Gasteiger partial charge < -0.3 is 10.0 Å². The van der Waals surface area contributed by atoms with Crippen LogP contribution in [0.15, 0.2) is 6.07 Å². The molecule has 1 aromatic heterocycles. The summed E-state index contributed by atoms with van der Waals surface area (Å²) < 4.78 is 1.72. The lowest BCUT2D eigenvalue weighted by Crippen LogP contribution is -2.53. The number of aryl methyl sites for hydroxylation is 2. The first-order valence-corrected chi connectivity index (χ1v) is 7.06. The molecule has 1 atom stereocenters. The van der Waals surface area contributed by atoms with Crippen LogP contribution in [0.5, 0.6) is 0 Å². The van der Waals surface area contributed by atoms with Gasteiger partial charge in [-0.2, -0.15) is 5.10 Å². The van der Waals surface area contributed by atoms with Gasteiger partial charge >= 0.3 is 5.97 Å². The molecule has 0 bridgehead atoms. The third-order valence-corrected chi connectivity index (χ3v) is 4.01. The zero-order chi connectivity index (χ0) is 14.9. The van der Waals surface area contributed by atoms with E-state index in [9.17, 15) is 9.59 Å². The predicted octanol–water partition coefficient (Wildman–Crippen LogP) is 1.26. The van der Waals surface area contributed by atoms with Gasteiger partial charge in [-0.15, -0.1) is 0 Å². The Kier molecular flexibility index (Phi) is 4.11. The molecule has 1 saturated heterocycles. The van der Waals surface area contributed by atoms with Crippen molar-refractivity contribution in [3.05, 3.63) is 17.5 Å². The predicted molar refractivity (Wildman–Crippen MR) is 73.5 cm³/mol. The van der Waals surface area contributed by atoms with Crippen LogP contribution in [0.1, 0.15) is 37.0 Å². The average Bonchev–Trinajstić information content (AvgIpc) is 2.79. The van der Waals surface area contributed by atoms with E-state index in [1.165, 1.54) is 0 Å². The zero-order valence-electron chi connectivity index (χ0n) is 12.2. The number of hydrogen-bond donors (Lipinski definition) is 1. The largest absolute Gasteiger partial charge is 0.481 e. The summed E-state index contributed by atoms with van der Waals surface area (Å²) in [6, 6.07) is 1.83. The molecule has 0 saturated carbocycles. The summed E-state index contributed by atoms with van der Waals surface area (Å²) in [5, 5.41) is 13.3. The first-order chi connectivity index (χ1) is 9.47. The number of likely N-dealkylation sites (tertiary alicyclic amines) is 1. The Labute approximate surface area is 118 Å². The van der Waals surface area contributed by atoms with E-state index in [0.717, 1.165) is 12.1 Å². The molecule has 6 nitrogen and oxygen atoms in total. The number of hydrogen-bond acceptors (Lipinski definition) is 3. The van der Waals surface area contributed by atoms with E-state index in [1.807, 2.05) is 19.9 Å². The number of aromatic nitrogens is 2. The maximum absolute atomic E-state index is 12.4. The lowest BCUT2D eigenvalue weighted by atomic mass is 9.87. The van der Waals surface area contributed by atoms with Gasteiger partial charge in [0.2, 0.25) is 0 Å². The lowest BCUT2D eigenvalue weighted by molar-refractivity contribution is -0.144. The molecule has 20 heavy (non-hydrogen) atoms. The van der Waals surface area contributed by atoms with Crippen molar-refractivity contribution < 1.29 is 14.7 Å². The molecule has 1 unspecified atom stereocenters. The highest BCUT2D eigenvalue weighted by Gasteiger charge is 2.38. The molecule has 1 fully saturated rings. The molecule has 0 spiro atoms. The monoisotopic (exact) mass is 279 g/mol. The Morgan fingerprint density at radius 1 is 1.45 bits per heavy atom. The van der Waals surface area contributed by atoms with E-state index < -0.39 is 11.9 Å². The highest BCUT2D eigenvalue weighted by molar-refractivity contribution is 5.93. The first-order valence-electron chi connectivity index (χ1n) is 7.06. The molecule has 1 N–H and O–H groups in total. The quantitative estimate of drug-likeness (QED) is 0.880. The molecule has 0 radical (unpaired) electrons. The molecule has 1 aliphatic rings. The highest BCUT2D eigenvalue weighted by atomic mass is 16.4. The maximum atomic E-state index is 12.4. The second kappa shape index (κ2) is 5.64. The second-order valence-corrected chi connectivity index (χ2v) is 5.29. The van der Waals surface area contributed by atoms with Gasteiger partial charge in [0.15, 0.2) is 0 Å². The van der Waals surface area contributed by atoms with E-state index in [1.54, 1.807) is 16.5 Å². The fraction of sp³-hybridized carbons (Fsp3) is 0.643. The van der Waals surface area contributed by atoms with Crippen molar-refractivity contribution in [1.82, 2.24) is 14.7 Å². The van der Waals surface area contributed by atoms with Crippen LogP contribution in [0.4, 0.5) is 0 Å². The maximum Gasteiger partial charge on any atom is 0.306 e. The van der Waals surface area contributed by atoms with Gasteiger partial charge in [-0.25, -0.2) is 0 Å². The molecular formula is C14H21N3O3. The molecule has 0 aromatic carbocycles. The van der Waals surface area contributed by atoms with Crippen LogP contribution in [0, 0.1) is 11.8 Å². The standard InChI is InChI=1S/C14H21N3O3/c1-4-11-6-12(17(5-2)15-11)13(18)16-7-10(8-16)9(3)14(19)20/h6,9-10H,4-5,7-8H2,1-3H3,(H,19,20). The number of carbonyl (C=O) groups excluding carboxylic acids is 1. The smallest absolute Gasteiger partial charge is 0.306 e. The molecule has 6 heteroatoms. The van der Waals surface area contributed by atoms with E-state index in [-0.39, 0.29) is 11.8 Å². The van der Waals surface area contributed by atoms with Gasteiger partial charge in [0.05, 0.1) is 11.6 Å². The Morgan fingerprint density at radius 3 is 2.60 bits per heavy atom. The van der Waals surface area contributed by atoms with Crippen molar-refractivity contribution in [3.8, 4) is 0 Å². The van der Waals surface area contributed by atoms with Crippen molar-refractivity contribution in [2.75, 3.05) is 13.1 Å². The van der Waals surface area contributed by atoms with Crippen LogP contribution in [-0.2, 0) is 17.8 Å². The summed E-state index contributed by atoms with van der Waals surface area (Å²) in [4.78, 5) is 25.0. The summed E-state index contributed by atoms with van der Waals surface area (Å²) in [7, 11) is 0. The van der Waals surface area contributed by atoms with Crippen molar-refractivity contribution in [1.29, 1.82) is 0 Å². The summed E-state index contributed by atoms with van der Waals surface area (Å²) in [5.74, 6) is -1.19. The molecule has 1 aliphatic heterocycles. The lowest BCUT2D eigenvalue weighted by Gasteiger charge is -2.41. The van der Waals surface area contributed by atoms with E-state index in [2.05, 4.69) is 5.10 Å². The second-order valence-electron chi connectivity index (χ2n) is 5.29. The molecule has 1 aromatic rings. The summed E-state index contributed by atoms with van der Waals surface area (Å²) >= 11 is 0. The van der Waals surface area contributed by atoms with Crippen molar-refractivity contribution in [2.24, 2.45) is 11.8 Å². The number of rotatable bonds is 5. The number of carboxylic acids is 1. The Hall–Kier alpha value is -1.85. The van der Waals surface area contributed by atoms with E-state index in [0.29, 0.717) is 25.3 Å². The Bertz CT molecular complexity index is 518. The van der Waals surface area contributed by atoms with Crippen LogP contribution in [-0.4, -0.2) is 44.8 Å². The molecular weight excluding hydrogens is 258 g/mol. The Balaban J connectivity index is 2.04. The molecule has 2 rings (SSSR count). The molecule has 2 heterocycles. The van der Waals surface area contributed by atoms with Crippen LogP contribution < -0.4 is 0 Å². The van der Waals surface area contributed by atoms with Gasteiger partial charge in [-0.1, -0.05) is 13.8 Å². The summed E-state index contributed by atoms with van der Waals surface area (Å²) in [6.07, 6.45) is 0.798. The number of carbonyl (C=O) groups is 2. The first kappa shape index (κ1) is 14.6. The van der Waals surface area contributed by atoms with Crippen molar-refractivity contribution in [3.63, 3.8) is 0 Å². The van der Waals surface area contributed by atoms with Crippen LogP contribution >= 0.6 is 0 Å². The van der Waals surface area contributed by atoms with E-state index in [4.69, 9.17) is 5.11 Å². The highest BCUT2D eigenvalue weighted by Crippen LogP contribution is 2.25. The molecule has 0 aliphatic carbocycles. The SMILES string of the molecule is CCc1cc(C(=O)N2CC(C(C)C(=O)O)C2)n(CC)n1. The molecule has 1 amide bonds. The van der Waals surface area contributed by atoms with Crippen LogP contribution in [0.3, 0.4) is 0 Å². The minimum Gasteiger partial charge on any atom is -0.481 e. The number of nitrogens with zero attached hydrogens (tertiary/aromatic N) is 3. The number of amides is 1. The van der Waals surface area contributed by atoms with Crippen molar-refractivity contribution in [2.45, 2.75) is 33.7 Å². The molecule has 110 valence electrons. The third kappa shape index (κ3) is 2.55. The topological polar surface area (TPSA) is 75.4 Å². The van der Waals surface area contributed by atoms with Gasteiger partial charge in [0, 0.05) is 25.6 Å². The minimum atomic E-state index is -0.797. The Morgan fingerprint density at radius 2 is 2.10 bits per heavy atom.